The highest BCUT2D eigenvalue weighted by atomic mass is 19.1. The van der Waals surface area contributed by atoms with E-state index in [0.29, 0.717) is 29.6 Å². The van der Waals surface area contributed by atoms with E-state index in [4.69, 9.17) is 15.6 Å². The van der Waals surface area contributed by atoms with Crippen molar-refractivity contribution in [1.29, 1.82) is 0 Å². The van der Waals surface area contributed by atoms with E-state index in [1.165, 1.54) is 12.3 Å². The highest BCUT2D eigenvalue weighted by Gasteiger charge is 2.37. The lowest BCUT2D eigenvalue weighted by atomic mass is 10.0. The van der Waals surface area contributed by atoms with E-state index in [1.54, 1.807) is 15.6 Å². The summed E-state index contributed by atoms with van der Waals surface area (Å²) in [5.41, 5.74) is 6.76. The highest BCUT2D eigenvalue weighted by molar-refractivity contribution is 6.01. The van der Waals surface area contributed by atoms with Crippen LogP contribution in [0.1, 0.15) is 47.6 Å². The van der Waals surface area contributed by atoms with Gasteiger partial charge in [-0.25, -0.2) is 18.1 Å². The number of fused-ring (bicyclic) bond motifs is 1. The van der Waals surface area contributed by atoms with Gasteiger partial charge in [-0.15, -0.1) is 0 Å². The molecule has 5 rings (SSSR count). The number of piperidine rings is 1. The first-order valence-electron chi connectivity index (χ1n) is 11.4. The van der Waals surface area contributed by atoms with E-state index in [-0.39, 0.29) is 37.9 Å². The topological polar surface area (TPSA) is 113 Å². The molecule has 2 saturated heterocycles. The molecular formula is C24H25F2N5O4. The Bertz CT molecular complexity index is 1290. The lowest BCUT2D eigenvalue weighted by Gasteiger charge is -2.37. The van der Waals surface area contributed by atoms with Gasteiger partial charge >= 0.3 is 6.16 Å². The molecule has 3 aromatic rings. The molecule has 0 aliphatic carbocycles. The first-order chi connectivity index (χ1) is 16.7. The van der Waals surface area contributed by atoms with Gasteiger partial charge in [0.05, 0.1) is 23.3 Å². The molecule has 0 unspecified atom stereocenters. The summed E-state index contributed by atoms with van der Waals surface area (Å²) in [6, 6.07) is 6.86. The van der Waals surface area contributed by atoms with Gasteiger partial charge in [0.25, 0.3) is 5.91 Å². The molecule has 2 aromatic heterocycles. The van der Waals surface area contributed by atoms with Crippen LogP contribution in [0.5, 0.6) is 0 Å². The number of carboxylic acid groups (broad SMARTS) is 1. The maximum absolute atomic E-state index is 14.5. The fourth-order valence-electron chi connectivity index (χ4n) is 5.02. The predicted molar refractivity (Wildman–Crippen MR) is 122 cm³/mol. The quantitative estimate of drug-likeness (QED) is 0.429. The van der Waals surface area contributed by atoms with Crippen molar-refractivity contribution >= 4 is 23.3 Å². The number of nitrogens with zero attached hydrogens (tertiary/aromatic N) is 4. The van der Waals surface area contributed by atoms with Crippen LogP contribution in [0.25, 0.3) is 5.52 Å². The maximum Gasteiger partial charge on any atom is 0.507 e. The standard InChI is InChI=1S/C24H25F2N5O4/c25-15-3-4-19(26)17(12-15)20-2-1-8-30(20)16-5-9-31-21(13-16)18(14-28-31)22(32)29-10-6-24(27,7-11-29)35-23(33)34/h3-5,9,12-14,20H,1-2,6-8,10-11,27H2,(H,33,34)/t20-/m1/s1. The number of ether oxygens (including phenoxy) is 1. The van der Waals surface area contributed by atoms with Crippen molar-refractivity contribution in [3.63, 3.8) is 0 Å². The lowest BCUT2D eigenvalue weighted by molar-refractivity contribution is -0.0480. The van der Waals surface area contributed by atoms with Gasteiger partial charge in [-0.1, -0.05) is 0 Å². The van der Waals surface area contributed by atoms with Gasteiger partial charge in [-0.2, -0.15) is 5.10 Å². The Balaban J connectivity index is 1.40. The molecular weight excluding hydrogens is 460 g/mol. The monoisotopic (exact) mass is 485 g/mol. The molecule has 0 radical (unpaired) electrons. The van der Waals surface area contributed by atoms with Crippen LogP contribution >= 0.6 is 0 Å². The normalized spacial score (nSPS) is 19.8. The summed E-state index contributed by atoms with van der Waals surface area (Å²) in [7, 11) is 0. The van der Waals surface area contributed by atoms with Gasteiger partial charge in [0.15, 0.2) is 5.72 Å². The van der Waals surface area contributed by atoms with Crippen LogP contribution in [0.3, 0.4) is 0 Å². The molecule has 0 saturated carbocycles. The summed E-state index contributed by atoms with van der Waals surface area (Å²) in [6.45, 7) is 1.15. The summed E-state index contributed by atoms with van der Waals surface area (Å²) in [5, 5.41) is 13.2. The number of hydrogen-bond acceptors (Lipinski definition) is 6. The molecule has 2 aliphatic heterocycles. The Labute approximate surface area is 199 Å². The third-order valence-corrected chi connectivity index (χ3v) is 6.82. The van der Waals surface area contributed by atoms with E-state index in [1.807, 2.05) is 17.0 Å². The number of carbonyl (C=O) groups is 2. The van der Waals surface area contributed by atoms with Crippen molar-refractivity contribution in [3.05, 3.63) is 65.5 Å². The molecule has 0 bridgehead atoms. The number of hydrogen-bond donors (Lipinski definition) is 2. The average Bonchev–Trinajstić information content (AvgIpc) is 3.47. The number of pyridine rings is 1. The Morgan fingerprint density at radius 1 is 1.14 bits per heavy atom. The summed E-state index contributed by atoms with van der Waals surface area (Å²) >= 11 is 0. The number of likely N-dealkylation sites (tertiary alicyclic amines) is 1. The van der Waals surface area contributed by atoms with Crippen molar-refractivity contribution in [2.75, 3.05) is 24.5 Å². The van der Waals surface area contributed by atoms with Crippen molar-refractivity contribution < 1.29 is 28.2 Å². The van der Waals surface area contributed by atoms with E-state index >= 15 is 0 Å². The van der Waals surface area contributed by atoms with Gasteiger partial charge in [0.1, 0.15) is 11.6 Å². The molecule has 0 spiro atoms. The molecule has 4 heterocycles. The van der Waals surface area contributed by atoms with E-state index < -0.39 is 23.5 Å². The fraction of sp³-hybridized carbons (Fsp3) is 0.375. The SMILES string of the molecule is NC1(OC(=O)O)CCN(C(=O)c2cnn3ccc(N4CCC[C@@H]4c4cc(F)ccc4F)cc23)CC1. The molecule has 1 atom stereocenters. The predicted octanol–water partition coefficient (Wildman–Crippen LogP) is 3.54. The Kier molecular flexibility index (Phi) is 5.79. The second kappa shape index (κ2) is 8.81. The fourth-order valence-corrected chi connectivity index (χ4v) is 5.02. The molecule has 35 heavy (non-hydrogen) atoms. The average molecular weight is 485 g/mol. The number of anilines is 1. The molecule has 2 aliphatic rings. The van der Waals surface area contributed by atoms with Crippen LogP contribution in [0.4, 0.5) is 19.3 Å². The maximum atomic E-state index is 14.5. The Morgan fingerprint density at radius 2 is 1.91 bits per heavy atom. The van der Waals surface area contributed by atoms with E-state index in [0.717, 1.165) is 24.2 Å². The lowest BCUT2D eigenvalue weighted by Crippen LogP contribution is -2.54. The molecule has 1 aromatic carbocycles. The zero-order valence-corrected chi connectivity index (χ0v) is 18.9. The number of aromatic nitrogens is 2. The van der Waals surface area contributed by atoms with E-state index in [2.05, 4.69) is 5.10 Å². The highest BCUT2D eigenvalue weighted by Crippen LogP contribution is 2.38. The minimum Gasteiger partial charge on any atom is -0.450 e. The van der Waals surface area contributed by atoms with Gasteiger partial charge in [-0.05, 0) is 43.2 Å². The third-order valence-electron chi connectivity index (χ3n) is 6.82. The minimum atomic E-state index is -1.44. The van der Waals surface area contributed by atoms with Crippen molar-refractivity contribution in [2.24, 2.45) is 5.73 Å². The van der Waals surface area contributed by atoms with Crippen LogP contribution in [0.2, 0.25) is 0 Å². The van der Waals surface area contributed by atoms with Gasteiger partial charge in [0.2, 0.25) is 0 Å². The number of halogens is 2. The van der Waals surface area contributed by atoms with E-state index in [9.17, 15) is 18.4 Å². The Morgan fingerprint density at radius 3 is 2.66 bits per heavy atom. The molecule has 9 nitrogen and oxygen atoms in total. The van der Waals surface area contributed by atoms with Gasteiger partial charge < -0.3 is 19.6 Å². The summed E-state index contributed by atoms with van der Waals surface area (Å²) in [4.78, 5) is 27.8. The zero-order valence-electron chi connectivity index (χ0n) is 18.9. The number of carbonyl (C=O) groups excluding carboxylic acids is 1. The first-order valence-corrected chi connectivity index (χ1v) is 11.4. The second-order valence-electron chi connectivity index (χ2n) is 9.02. The van der Waals surface area contributed by atoms with Crippen LogP contribution in [0.15, 0.2) is 42.7 Å². The van der Waals surface area contributed by atoms with Crippen molar-refractivity contribution in [3.8, 4) is 0 Å². The summed E-state index contributed by atoms with van der Waals surface area (Å²) in [5.74, 6) is -1.18. The zero-order chi connectivity index (χ0) is 24.7. The Hall–Kier alpha value is -3.73. The van der Waals surface area contributed by atoms with Gasteiger partial charge in [0, 0.05) is 49.9 Å². The molecule has 1 amide bonds. The smallest absolute Gasteiger partial charge is 0.450 e. The van der Waals surface area contributed by atoms with Gasteiger partial charge in [-0.3, -0.25) is 10.5 Å². The van der Waals surface area contributed by atoms with Crippen molar-refractivity contribution in [1.82, 2.24) is 14.5 Å². The minimum absolute atomic E-state index is 0.185. The largest absolute Gasteiger partial charge is 0.507 e. The number of benzene rings is 1. The van der Waals surface area contributed by atoms with Crippen molar-refractivity contribution in [2.45, 2.75) is 37.5 Å². The second-order valence-corrected chi connectivity index (χ2v) is 9.02. The number of rotatable bonds is 4. The number of amides is 1. The number of nitrogens with two attached hydrogens (primary N) is 1. The summed E-state index contributed by atoms with van der Waals surface area (Å²) in [6.07, 6.45) is 3.66. The van der Waals surface area contributed by atoms with Crippen LogP contribution in [-0.2, 0) is 4.74 Å². The van der Waals surface area contributed by atoms with Crippen LogP contribution in [0, 0.1) is 11.6 Å². The first kappa shape index (κ1) is 23.0. The molecule has 11 heteroatoms. The van der Waals surface area contributed by atoms with Crippen LogP contribution in [-0.4, -0.2) is 57.0 Å². The third kappa shape index (κ3) is 4.39. The molecule has 2 fully saturated rings. The molecule has 184 valence electrons. The molecule has 3 N–H and O–H groups in total. The summed E-state index contributed by atoms with van der Waals surface area (Å²) < 4.78 is 34.7. The van der Waals surface area contributed by atoms with Crippen LogP contribution < -0.4 is 10.6 Å².